The number of halogens is 3. The van der Waals surface area contributed by atoms with Crippen molar-refractivity contribution in [3.8, 4) is 0 Å². The van der Waals surface area contributed by atoms with Crippen LogP contribution in [0.2, 0.25) is 5.02 Å². The lowest BCUT2D eigenvalue weighted by Gasteiger charge is -2.10. The van der Waals surface area contributed by atoms with Gasteiger partial charge < -0.3 is 10.4 Å². The van der Waals surface area contributed by atoms with Gasteiger partial charge in [-0.15, -0.1) is 0 Å². The van der Waals surface area contributed by atoms with Crippen LogP contribution >= 0.6 is 27.5 Å². The highest BCUT2D eigenvalue weighted by Crippen LogP contribution is 2.24. The lowest BCUT2D eigenvalue weighted by Crippen LogP contribution is -2.15. The van der Waals surface area contributed by atoms with E-state index >= 15 is 0 Å². The number of anilines is 1. The average Bonchev–Trinajstić information content (AvgIpc) is 2.43. The molecule has 2 N–H and O–H groups in total. The summed E-state index contributed by atoms with van der Waals surface area (Å²) >= 11 is 8.87. The van der Waals surface area contributed by atoms with E-state index in [0.29, 0.717) is 4.47 Å². The van der Waals surface area contributed by atoms with Gasteiger partial charge >= 0.3 is 5.97 Å². The van der Waals surface area contributed by atoms with Crippen molar-refractivity contribution in [1.82, 2.24) is 0 Å². The normalized spacial score (nSPS) is 10.2. The first kappa shape index (κ1) is 15.5. The zero-order valence-corrected chi connectivity index (χ0v) is 12.7. The molecule has 0 fully saturated rings. The molecule has 0 bridgehead atoms. The van der Waals surface area contributed by atoms with Gasteiger partial charge in [-0.25, -0.2) is 9.18 Å². The third-order valence-electron chi connectivity index (χ3n) is 2.66. The Morgan fingerprint density at radius 1 is 1.19 bits per heavy atom. The molecule has 0 radical (unpaired) electrons. The smallest absolute Gasteiger partial charge is 0.337 e. The Morgan fingerprint density at radius 2 is 1.90 bits per heavy atom. The van der Waals surface area contributed by atoms with Crippen LogP contribution in [-0.4, -0.2) is 17.0 Å². The number of hydrogen-bond acceptors (Lipinski definition) is 2. The lowest BCUT2D eigenvalue weighted by atomic mass is 10.1. The fraction of sp³-hybridized carbons (Fsp3) is 0. The first-order valence-corrected chi connectivity index (χ1v) is 6.85. The third kappa shape index (κ3) is 3.40. The van der Waals surface area contributed by atoms with E-state index in [1.807, 2.05) is 0 Å². The second-order valence-electron chi connectivity index (χ2n) is 4.05. The Hall–Kier alpha value is -1.92. The minimum absolute atomic E-state index is 0.0732. The summed E-state index contributed by atoms with van der Waals surface area (Å²) in [6, 6.07) is 8.18. The van der Waals surface area contributed by atoms with E-state index in [4.69, 9.17) is 16.7 Å². The van der Waals surface area contributed by atoms with Crippen LogP contribution in [0.1, 0.15) is 20.7 Å². The summed E-state index contributed by atoms with van der Waals surface area (Å²) in [6.07, 6.45) is 0. The molecule has 0 saturated heterocycles. The average molecular weight is 373 g/mol. The van der Waals surface area contributed by atoms with Crippen molar-refractivity contribution in [3.05, 3.63) is 62.8 Å². The van der Waals surface area contributed by atoms with Gasteiger partial charge in [-0.3, -0.25) is 4.79 Å². The van der Waals surface area contributed by atoms with Gasteiger partial charge in [0.1, 0.15) is 5.82 Å². The second-order valence-corrected chi connectivity index (χ2v) is 5.34. The van der Waals surface area contributed by atoms with E-state index in [-0.39, 0.29) is 21.8 Å². The third-order valence-corrected chi connectivity index (χ3v) is 3.53. The van der Waals surface area contributed by atoms with E-state index in [9.17, 15) is 14.0 Å². The molecule has 1 amide bonds. The zero-order chi connectivity index (χ0) is 15.6. The van der Waals surface area contributed by atoms with Crippen molar-refractivity contribution in [2.45, 2.75) is 0 Å². The van der Waals surface area contributed by atoms with E-state index in [1.165, 1.54) is 24.3 Å². The quantitative estimate of drug-likeness (QED) is 0.849. The van der Waals surface area contributed by atoms with Crippen LogP contribution in [0.25, 0.3) is 0 Å². The summed E-state index contributed by atoms with van der Waals surface area (Å²) < 4.78 is 13.9. The zero-order valence-electron chi connectivity index (χ0n) is 10.4. The number of carboxylic acid groups (broad SMARTS) is 1. The molecule has 0 aliphatic heterocycles. The molecule has 21 heavy (non-hydrogen) atoms. The fourth-order valence-electron chi connectivity index (χ4n) is 1.67. The molecule has 0 atom stereocenters. The van der Waals surface area contributed by atoms with E-state index < -0.39 is 17.7 Å². The molecule has 2 aromatic carbocycles. The molecule has 2 rings (SSSR count). The van der Waals surface area contributed by atoms with Crippen molar-refractivity contribution in [2.75, 3.05) is 5.32 Å². The highest BCUT2D eigenvalue weighted by atomic mass is 79.9. The monoisotopic (exact) mass is 371 g/mol. The summed E-state index contributed by atoms with van der Waals surface area (Å²) in [4.78, 5) is 23.2. The van der Waals surface area contributed by atoms with Gasteiger partial charge in [0.25, 0.3) is 5.91 Å². The minimum Gasteiger partial charge on any atom is -0.478 e. The maximum atomic E-state index is 13.3. The number of carbonyl (C=O) groups is 2. The molecule has 4 nitrogen and oxygen atoms in total. The highest BCUT2D eigenvalue weighted by Gasteiger charge is 2.17. The SMILES string of the molecule is O=C(O)c1cc(Br)ccc1NC(=O)c1cccc(F)c1Cl. The molecule has 0 aliphatic rings. The Balaban J connectivity index is 2.36. The van der Waals surface area contributed by atoms with E-state index in [0.717, 1.165) is 6.07 Å². The Labute approximate surface area is 132 Å². The molecule has 0 heterocycles. The first-order valence-electron chi connectivity index (χ1n) is 5.68. The number of carbonyl (C=O) groups excluding carboxylic acids is 1. The number of hydrogen-bond donors (Lipinski definition) is 2. The van der Waals surface area contributed by atoms with Crippen LogP contribution < -0.4 is 5.32 Å². The van der Waals surface area contributed by atoms with Crippen molar-refractivity contribution in [1.29, 1.82) is 0 Å². The molecule has 0 unspecified atom stereocenters. The van der Waals surface area contributed by atoms with Gasteiger partial charge in [0.05, 0.1) is 21.8 Å². The first-order chi connectivity index (χ1) is 9.90. The Bertz CT molecular complexity index is 736. The summed E-state index contributed by atoms with van der Waals surface area (Å²) in [7, 11) is 0. The summed E-state index contributed by atoms with van der Waals surface area (Å²) in [5, 5.41) is 11.2. The number of nitrogens with one attached hydrogen (secondary N) is 1. The summed E-state index contributed by atoms with van der Waals surface area (Å²) in [5.74, 6) is -2.61. The van der Waals surface area contributed by atoms with Gasteiger partial charge in [0.2, 0.25) is 0 Å². The van der Waals surface area contributed by atoms with Gasteiger partial charge in [0.15, 0.2) is 0 Å². The fourth-order valence-corrected chi connectivity index (χ4v) is 2.24. The highest BCUT2D eigenvalue weighted by molar-refractivity contribution is 9.10. The maximum absolute atomic E-state index is 13.3. The van der Waals surface area contributed by atoms with Crippen LogP contribution in [-0.2, 0) is 0 Å². The van der Waals surface area contributed by atoms with Crippen LogP contribution in [0.4, 0.5) is 10.1 Å². The largest absolute Gasteiger partial charge is 0.478 e. The van der Waals surface area contributed by atoms with Gasteiger partial charge in [0, 0.05) is 4.47 Å². The van der Waals surface area contributed by atoms with Gasteiger partial charge in [-0.05, 0) is 30.3 Å². The lowest BCUT2D eigenvalue weighted by molar-refractivity contribution is 0.0698. The predicted molar refractivity (Wildman–Crippen MR) is 80.5 cm³/mol. The molecule has 7 heteroatoms. The summed E-state index contributed by atoms with van der Waals surface area (Å²) in [5.41, 5.74) is -0.0720. The second kappa shape index (κ2) is 6.24. The van der Waals surface area contributed by atoms with Crippen LogP contribution in [0, 0.1) is 5.82 Å². The predicted octanol–water partition coefficient (Wildman–Crippen LogP) is 4.19. The molecule has 0 spiro atoms. The number of rotatable bonds is 3. The standard InChI is InChI=1S/C14H8BrClFNO3/c15-7-4-5-11(9(6-7)14(20)21)18-13(19)8-2-1-3-10(17)12(8)16/h1-6H,(H,18,19)(H,20,21). The molecule has 108 valence electrons. The van der Waals surface area contributed by atoms with E-state index in [1.54, 1.807) is 6.07 Å². The number of carboxylic acids is 1. The van der Waals surface area contributed by atoms with Crippen LogP contribution in [0.15, 0.2) is 40.9 Å². The van der Waals surface area contributed by atoms with Gasteiger partial charge in [-0.1, -0.05) is 33.6 Å². The van der Waals surface area contributed by atoms with E-state index in [2.05, 4.69) is 21.2 Å². The maximum Gasteiger partial charge on any atom is 0.337 e. The molecule has 0 aromatic heterocycles. The van der Waals surface area contributed by atoms with Crippen molar-refractivity contribution in [2.24, 2.45) is 0 Å². The molecule has 0 saturated carbocycles. The molecular weight excluding hydrogens is 365 g/mol. The number of aromatic carboxylic acids is 1. The summed E-state index contributed by atoms with van der Waals surface area (Å²) in [6.45, 7) is 0. The molecular formula is C14H8BrClFNO3. The Morgan fingerprint density at radius 3 is 2.57 bits per heavy atom. The van der Waals surface area contributed by atoms with Gasteiger partial charge in [-0.2, -0.15) is 0 Å². The van der Waals surface area contributed by atoms with Crippen molar-refractivity contribution < 1.29 is 19.1 Å². The topological polar surface area (TPSA) is 66.4 Å². The minimum atomic E-state index is -1.20. The van der Waals surface area contributed by atoms with Crippen molar-refractivity contribution in [3.63, 3.8) is 0 Å². The number of amides is 1. The molecule has 2 aromatic rings. The van der Waals surface area contributed by atoms with Crippen LogP contribution in [0.5, 0.6) is 0 Å². The number of benzene rings is 2. The molecule has 0 aliphatic carbocycles. The van der Waals surface area contributed by atoms with Crippen LogP contribution in [0.3, 0.4) is 0 Å². The van der Waals surface area contributed by atoms with Crippen molar-refractivity contribution >= 4 is 45.1 Å². The Kier molecular flexibility index (Phi) is 4.59.